The van der Waals surface area contributed by atoms with Crippen molar-refractivity contribution in [3.8, 4) is 0 Å². The third-order valence-electron chi connectivity index (χ3n) is 1.59. The second-order valence-corrected chi connectivity index (χ2v) is 3.03. The minimum atomic E-state index is 0.505. The van der Waals surface area contributed by atoms with Gasteiger partial charge in [-0.3, -0.25) is 0 Å². The summed E-state index contributed by atoms with van der Waals surface area (Å²) < 4.78 is 4.96. The molecule has 12 heavy (non-hydrogen) atoms. The average Bonchev–Trinajstić information content (AvgIpc) is 2.09. The Morgan fingerprint density at radius 1 is 1.50 bits per heavy atom. The lowest BCUT2D eigenvalue weighted by Crippen LogP contribution is -2.27. The van der Waals surface area contributed by atoms with E-state index in [9.17, 15) is 0 Å². The molecule has 0 aliphatic carbocycles. The van der Waals surface area contributed by atoms with Crippen LogP contribution in [0.4, 0.5) is 0 Å². The molecule has 0 aliphatic heterocycles. The van der Waals surface area contributed by atoms with E-state index in [1.54, 1.807) is 7.11 Å². The molecule has 0 saturated heterocycles. The molecule has 1 unspecified atom stereocenters. The van der Waals surface area contributed by atoms with Gasteiger partial charge in [0, 0.05) is 32.2 Å². The first kappa shape index (κ1) is 11.9. The first-order valence-corrected chi connectivity index (χ1v) is 4.78. The number of rotatable bonds is 7. The number of allylic oxidation sites excluding steroid dienone is 1. The summed E-state index contributed by atoms with van der Waals surface area (Å²) in [4.78, 5) is 0. The van der Waals surface area contributed by atoms with Crippen LogP contribution >= 0.6 is 11.6 Å². The van der Waals surface area contributed by atoms with Crippen LogP contribution in [0.25, 0.3) is 0 Å². The van der Waals surface area contributed by atoms with Gasteiger partial charge < -0.3 is 10.1 Å². The highest BCUT2D eigenvalue weighted by Gasteiger charge is 1.97. The zero-order valence-corrected chi connectivity index (χ0v) is 8.60. The van der Waals surface area contributed by atoms with E-state index in [-0.39, 0.29) is 0 Å². The molecular weight excluding hydrogens is 174 g/mol. The zero-order valence-electron chi connectivity index (χ0n) is 7.85. The number of halogens is 1. The van der Waals surface area contributed by atoms with E-state index in [1.165, 1.54) is 0 Å². The molecule has 1 atom stereocenters. The van der Waals surface area contributed by atoms with E-state index < -0.39 is 0 Å². The van der Waals surface area contributed by atoms with E-state index >= 15 is 0 Å². The van der Waals surface area contributed by atoms with Crippen molar-refractivity contribution in [3.05, 3.63) is 12.2 Å². The Morgan fingerprint density at radius 3 is 2.83 bits per heavy atom. The molecule has 0 spiro atoms. The van der Waals surface area contributed by atoms with Crippen molar-refractivity contribution < 1.29 is 4.74 Å². The van der Waals surface area contributed by atoms with Crippen LogP contribution in [-0.2, 0) is 4.74 Å². The highest BCUT2D eigenvalue weighted by Crippen LogP contribution is 1.89. The highest BCUT2D eigenvalue weighted by molar-refractivity contribution is 6.18. The average molecular weight is 192 g/mol. The molecular formula is C9H18ClNO. The van der Waals surface area contributed by atoms with E-state index in [0.717, 1.165) is 19.6 Å². The van der Waals surface area contributed by atoms with Gasteiger partial charge in [-0.05, 0) is 13.3 Å². The molecule has 0 rings (SSSR count). The van der Waals surface area contributed by atoms with E-state index in [4.69, 9.17) is 16.3 Å². The van der Waals surface area contributed by atoms with E-state index in [2.05, 4.69) is 12.2 Å². The van der Waals surface area contributed by atoms with Crippen molar-refractivity contribution in [1.82, 2.24) is 5.32 Å². The zero-order chi connectivity index (χ0) is 9.23. The first-order chi connectivity index (χ1) is 5.81. The maximum absolute atomic E-state index is 5.47. The Bertz CT molecular complexity index is 117. The van der Waals surface area contributed by atoms with Gasteiger partial charge >= 0.3 is 0 Å². The van der Waals surface area contributed by atoms with Crippen molar-refractivity contribution in [3.63, 3.8) is 0 Å². The van der Waals surface area contributed by atoms with Gasteiger partial charge in [0.15, 0.2) is 0 Å². The van der Waals surface area contributed by atoms with Crippen LogP contribution in [0, 0.1) is 0 Å². The lowest BCUT2D eigenvalue weighted by Gasteiger charge is -2.10. The van der Waals surface area contributed by atoms with Gasteiger partial charge in [0.1, 0.15) is 0 Å². The highest BCUT2D eigenvalue weighted by atomic mass is 35.5. The Labute approximate surface area is 79.9 Å². The Hall–Kier alpha value is -0.0500. The molecule has 0 saturated carbocycles. The fourth-order valence-electron chi connectivity index (χ4n) is 0.812. The third-order valence-corrected chi connectivity index (χ3v) is 1.77. The fraction of sp³-hybridized carbons (Fsp3) is 0.778. The summed E-state index contributed by atoms with van der Waals surface area (Å²) in [6.45, 7) is 3.85. The van der Waals surface area contributed by atoms with Gasteiger partial charge in [0.2, 0.25) is 0 Å². The molecule has 2 nitrogen and oxygen atoms in total. The van der Waals surface area contributed by atoms with Crippen LogP contribution in [0.1, 0.15) is 13.3 Å². The predicted molar refractivity (Wildman–Crippen MR) is 53.8 cm³/mol. The maximum atomic E-state index is 5.47. The monoisotopic (exact) mass is 191 g/mol. The second kappa shape index (κ2) is 9.04. The molecule has 0 radical (unpaired) electrons. The lowest BCUT2D eigenvalue weighted by atomic mass is 10.2. The molecule has 0 fully saturated rings. The van der Waals surface area contributed by atoms with Crippen LogP contribution < -0.4 is 5.32 Å². The van der Waals surface area contributed by atoms with Crippen molar-refractivity contribution >= 4 is 11.6 Å². The van der Waals surface area contributed by atoms with Crippen molar-refractivity contribution in [2.75, 3.05) is 26.1 Å². The summed E-state index contributed by atoms with van der Waals surface area (Å²) in [5.41, 5.74) is 0. The lowest BCUT2D eigenvalue weighted by molar-refractivity contribution is 0.185. The second-order valence-electron chi connectivity index (χ2n) is 2.72. The Kier molecular flexibility index (Phi) is 9.00. The number of nitrogens with one attached hydrogen (secondary N) is 1. The summed E-state index contributed by atoms with van der Waals surface area (Å²) in [5.74, 6) is 0.591. The predicted octanol–water partition coefficient (Wildman–Crippen LogP) is 1.80. The minimum Gasteiger partial charge on any atom is -0.385 e. The normalized spacial score (nSPS) is 13.9. The Balaban J connectivity index is 3.18. The largest absolute Gasteiger partial charge is 0.385 e. The molecule has 3 heteroatoms. The van der Waals surface area contributed by atoms with Gasteiger partial charge in [-0.15, -0.1) is 11.6 Å². The molecule has 1 N–H and O–H groups in total. The fourth-order valence-corrected chi connectivity index (χ4v) is 0.938. The van der Waals surface area contributed by atoms with Crippen LogP contribution in [-0.4, -0.2) is 32.2 Å². The van der Waals surface area contributed by atoms with Crippen molar-refractivity contribution in [2.45, 2.75) is 19.4 Å². The summed E-state index contributed by atoms with van der Waals surface area (Å²) in [7, 11) is 1.72. The van der Waals surface area contributed by atoms with Gasteiger partial charge in [-0.1, -0.05) is 12.2 Å². The minimum absolute atomic E-state index is 0.505. The van der Waals surface area contributed by atoms with Gasteiger partial charge in [-0.25, -0.2) is 0 Å². The Morgan fingerprint density at radius 2 is 2.25 bits per heavy atom. The van der Waals surface area contributed by atoms with Crippen LogP contribution in [0.2, 0.25) is 0 Å². The molecule has 0 heterocycles. The van der Waals surface area contributed by atoms with Crippen LogP contribution in [0.3, 0.4) is 0 Å². The summed E-state index contributed by atoms with van der Waals surface area (Å²) >= 11 is 5.47. The maximum Gasteiger partial charge on any atom is 0.0476 e. The quantitative estimate of drug-likeness (QED) is 0.490. The topological polar surface area (TPSA) is 21.3 Å². The molecule has 0 bridgehead atoms. The molecule has 0 aromatic rings. The third kappa shape index (κ3) is 8.05. The molecule has 0 amide bonds. The van der Waals surface area contributed by atoms with E-state index in [0.29, 0.717) is 11.9 Å². The SMILES string of the molecule is COCCC(C)NC/C=C/CCl. The number of methoxy groups -OCH3 is 1. The van der Waals surface area contributed by atoms with Crippen molar-refractivity contribution in [2.24, 2.45) is 0 Å². The summed E-state index contributed by atoms with van der Waals surface area (Å²) in [6.07, 6.45) is 5.03. The van der Waals surface area contributed by atoms with Gasteiger partial charge in [0.25, 0.3) is 0 Å². The summed E-state index contributed by atoms with van der Waals surface area (Å²) in [6, 6.07) is 0.505. The number of hydrogen-bond acceptors (Lipinski definition) is 2. The smallest absolute Gasteiger partial charge is 0.0476 e. The molecule has 0 aromatic heterocycles. The molecule has 0 aliphatic rings. The summed E-state index contributed by atoms with van der Waals surface area (Å²) in [5, 5.41) is 3.33. The first-order valence-electron chi connectivity index (χ1n) is 4.24. The standard InChI is InChI=1S/C9H18ClNO/c1-9(5-8-12-2)11-7-4-3-6-10/h3-4,9,11H,5-8H2,1-2H3/b4-3+. The number of alkyl halides is 1. The number of hydrogen-bond donors (Lipinski definition) is 1. The molecule has 0 aromatic carbocycles. The van der Waals surface area contributed by atoms with Crippen LogP contribution in [0.5, 0.6) is 0 Å². The number of ether oxygens (including phenoxy) is 1. The van der Waals surface area contributed by atoms with Crippen molar-refractivity contribution in [1.29, 1.82) is 0 Å². The van der Waals surface area contributed by atoms with Gasteiger partial charge in [0.05, 0.1) is 0 Å². The van der Waals surface area contributed by atoms with Gasteiger partial charge in [-0.2, -0.15) is 0 Å². The van der Waals surface area contributed by atoms with Crippen LogP contribution in [0.15, 0.2) is 12.2 Å². The molecule has 72 valence electrons. The van der Waals surface area contributed by atoms with E-state index in [1.807, 2.05) is 12.2 Å².